The van der Waals surface area contributed by atoms with Crippen LogP contribution in [0.15, 0.2) is 24.3 Å². The summed E-state index contributed by atoms with van der Waals surface area (Å²) in [5.74, 6) is -3.09. The molecule has 1 heterocycles. The molecule has 0 amide bonds. The van der Waals surface area contributed by atoms with E-state index in [2.05, 4.69) is 45.1 Å². The molecule has 0 radical (unpaired) electrons. The number of allylic oxidation sites excluding steroid dienone is 4. The topological polar surface area (TPSA) is 175 Å². The third kappa shape index (κ3) is 45.4. The molecule has 1 fully saturated rings. The van der Waals surface area contributed by atoms with Crippen LogP contribution in [0.1, 0.15) is 329 Å². The molecule has 1 aliphatic heterocycles. The number of aliphatic hydroxyl groups excluding tert-OH is 2. The van der Waals surface area contributed by atoms with Crippen LogP contribution >= 0.6 is 0 Å². The van der Waals surface area contributed by atoms with E-state index in [1.165, 1.54) is 199 Å². The number of unbranched alkanes of at least 4 members (excludes halogenated alkanes) is 40. The van der Waals surface area contributed by atoms with Crippen molar-refractivity contribution in [2.24, 2.45) is 0 Å². The largest absolute Gasteiger partial charge is 0.479 e. The number of esters is 3. The molecule has 0 aliphatic carbocycles. The Morgan fingerprint density at radius 3 is 1.08 bits per heavy atom. The van der Waals surface area contributed by atoms with Crippen LogP contribution in [0.5, 0.6) is 0 Å². The highest BCUT2D eigenvalue weighted by Gasteiger charge is 2.50. The van der Waals surface area contributed by atoms with Gasteiger partial charge in [-0.05, 0) is 70.6 Å². The fourth-order valence-electron chi connectivity index (χ4n) is 10.4. The van der Waals surface area contributed by atoms with E-state index in [4.69, 9.17) is 23.7 Å². The van der Waals surface area contributed by atoms with E-state index < -0.39 is 67.3 Å². The molecule has 0 aromatic rings. The number of hydrogen-bond donors (Lipinski definition) is 3. The van der Waals surface area contributed by atoms with Crippen molar-refractivity contribution < 1.29 is 58.2 Å². The molecule has 1 aliphatic rings. The zero-order valence-corrected chi connectivity index (χ0v) is 51.1. The van der Waals surface area contributed by atoms with E-state index in [0.717, 1.165) is 70.6 Å². The lowest BCUT2D eigenvalue weighted by Crippen LogP contribution is -2.61. The molecule has 12 nitrogen and oxygen atoms in total. The van der Waals surface area contributed by atoms with Crippen LogP contribution in [-0.4, -0.2) is 89.2 Å². The van der Waals surface area contributed by atoms with E-state index in [1.807, 2.05) is 0 Å². The monoisotopic (exact) mass is 1120 g/mol. The van der Waals surface area contributed by atoms with Crippen LogP contribution in [0.2, 0.25) is 0 Å². The third-order valence-corrected chi connectivity index (χ3v) is 15.5. The molecule has 6 atom stereocenters. The highest BCUT2D eigenvalue weighted by Crippen LogP contribution is 2.27. The second-order valence-corrected chi connectivity index (χ2v) is 23.1. The number of hydrogen-bond acceptors (Lipinski definition) is 11. The number of carbonyl (C=O) groups excluding carboxylic acids is 3. The molecular weight excluding hydrogens is 997 g/mol. The van der Waals surface area contributed by atoms with Crippen LogP contribution in [0.3, 0.4) is 0 Å². The molecule has 0 spiro atoms. The quantitative estimate of drug-likeness (QED) is 0.0228. The smallest absolute Gasteiger partial charge is 0.335 e. The minimum atomic E-state index is -1.90. The van der Waals surface area contributed by atoms with E-state index in [9.17, 15) is 34.5 Å². The summed E-state index contributed by atoms with van der Waals surface area (Å²) in [6, 6.07) is 0. The zero-order chi connectivity index (χ0) is 57.5. The van der Waals surface area contributed by atoms with Crippen molar-refractivity contribution >= 4 is 23.9 Å². The first kappa shape index (κ1) is 74.2. The minimum Gasteiger partial charge on any atom is -0.479 e. The Bertz CT molecular complexity index is 1470. The van der Waals surface area contributed by atoms with Gasteiger partial charge in [0.25, 0.3) is 0 Å². The molecule has 0 bridgehead atoms. The number of ether oxygens (including phenoxy) is 5. The predicted octanol–water partition coefficient (Wildman–Crippen LogP) is 17.8. The van der Waals surface area contributed by atoms with E-state index >= 15 is 0 Å². The third-order valence-electron chi connectivity index (χ3n) is 15.5. The Morgan fingerprint density at radius 2 is 0.722 bits per heavy atom. The Balaban J connectivity index is 2.63. The fraction of sp³-hybridized carbons (Fsp3) is 0.881. The average Bonchev–Trinajstić information content (AvgIpc) is 3.44. The highest BCUT2D eigenvalue weighted by molar-refractivity contribution is 5.74. The molecule has 12 heteroatoms. The van der Waals surface area contributed by atoms with Gasteiger partial charge in [0.2, 0.25) is 0 Å². The summed E-state index contributed by atoms with van der Waals surface area (Å²) in [6.45, 7) is 6.03. The van der Waals surface area contributed by atoms with Crippen molar-refractivity contribution in [3.63, 3.8) is 0 Å². The van der Waals surface area contributed by atoms with Gasteiger partial charge in [-0.3, -0.25) is 14.4 Å². The van der Waals surface area contributed by atoms with Gasteiger partial charge < -0.3 is 39.0 Å². The summed E-state index contributed by atoms with van der Waals surface area (Å²) < 4.78 is 28.6. The molecule has 1 saturated heterocycles. The maximum Gasteiger partial charge on any atom is 0.335 e. The van der Waals surface area contributed by atoms with Gasteiger partial charge >= 0.3 is 23.9 Å². The van der Waals surface area contributed by atoms with Crippen molar-refractivity contribution in [2.75, 3.05) is 13.2 Å². The first-order chi connectivity index (χ1) is 38.6. The Morgan fingerprint density at radius 1 is 0.405 bits per heavy atom. The van der Waals surface area contributed by atoms with Crippen molar-refractivity contribution in [3.8, 4) is 0 Å². The summed E-state index contributed by atoms with van der Waals surface area (Å²) in [4.78, 5) is 51.3. The lowest BCUT2D eigenvalue weighted by atomic mass is 9.98. The summed E-state index contributed by atoms with van der Waals surface area (Å²) in [5, 5.41) is 31.6. The molecule has 79 heavy (non-hydrogen) atoms. The minimum absolute atomic E-state index is 0.0665. The van der Waals surface area contributed by atoms with Gasteiger partial charge in [-0.15, -0.1) is 0 Å². The molecule has 6 unspecified atom stereocenters. The standard InChI is InChI=1S/C67H122O12/c1-4-7-10-13-16-19-22-25-27-29-30-32-33-36-38-41-44-47-50-53-59(68)75-56-58(77-60(69)54-51-48-45-42-40-37-34-31-28-26-23-20-17-14-11-8-5-2)57-76-67-65(63(72)62(71)64(79-67)66(73)74)78-61(70)55-52-49-46-43-39-35-24-21-18-15-12-9-6-3/h25-28,58,62-65,67,71-72H,4-24,29-57H2,1-3H3,(H,73,74)/b27-25-,28-26-. The number of rotatable bonds is 58. The number of aliphatic hydroxyl groups is 2. The van der Waals surface area contributed by atoms with Gasteiger partial charge in [-0.25, -0.2) is 4.79 Å². The second-order valence-electron chi connectivity index (χ2n) is 23.1. The summed E-state index contributed by atoms with van der Waals surface area (Å²) in [7, 11) is 0. The van der Waals surface area contributed by atoms with Crippen LogP contribution in [0.25, 0.3) is 0 Å². The normalized spacial score (nSPS) is 17.9. The van der Waals surface area contributed by atoms with Crippen molar-refractivity contribution in [3.05, 3.63) is 24.3 Å². The molecule has 0 saturated carbocycles. The van der Waals surface area contributed by atoms with Crippen molar-refractivity contribution in [1.82, 2.24) is 0 Å². The molecule has 1 rings (SSSR count). The van der Waals surface area contributed by atoms with E-state index in [1.54, 1.807) is 0 Å². The van der Waals surface area contributed by atoms with Gasteiger partial charge in [-0.2, -0.15) is 0 Å². The van der Waals surface area contributed by atoms with Gasteiger partial charge in [0, 0.05) is 19.3 Å². The molecule has 3 N–H and O–H groups in total. The summed E-state index contributed by atoms with van der Waals surface area (Å²) >= 11 is 0. The Labute approximate surface area is 483 Å². The summed E-state index contributed by atoms with van der Waals surface area (Å²) in [6.07, 6.45) is 52.8. The van der Waals surface area contributed by atoms with Crippen LogP contribution in [0.4, 0.5) is 0 Å². The maximum absolute atomic E-state index is 13.2. The molecule has 0 aromatic carbocycles. The van der Waals surface area contributed by atoms with Crippen LogP contribution in [-0.2, 0) is 42.9 Å². The van der Waals surface area contributed by atoms with Crippen LogP contribution in [0, 0.1) is 0 Å². The van der Waals surface area contributed by atoms with Gasteiger partial charge in [0.05, 0.1) is 6.61 Å². The number of carboxylic acid groups (broad SMARTS) is 1. The Kier molecular flexibility index (Phi) is 52.3. The van der Waals surface area contributed by atoms with Gasteiger partial charge in [0.1, 0.15) is 18.8 Å². The fourth-order valence-corrected chi connectivity index (χ4v) is 10.4. The Hall–Kier alpha value is -2.80. The SMILES string of the molecule is CCCCCCCC/C=C\CCCCCCCCCCCC(=O)OCC(COC1OC(C(=O)O)C(O)C(O)C1OC(=O)CCCCCCCCCCCCCCC)OC(=O)CCCCCCCCC/C=C\CCCCCCCC. The average molecular weight is 1120 g/mol. The second kappa shape index (κ2) is 55.7. The van der Waals surface area contributed by atoms with E-state index in [-0.39, 0.29) is 25.9 Å². The van der Waals surface area contributed by atoms with Gasteiger partial charge in [0.15, 0.2) is 24.6 Å². The lowest BCUT2D eigenvalue weighted by Gasteiger charge is -2.40. The van der Waals surface area contributed by atoms with Gasteiger partial charge in [-0.1, -0.05) is 263 Å². The molecule has 0 aromatic heterocycles. The van der Waals surface area contributed by atoms with Crippen LogP contribution < -0.4 is 0 Å². The number of carbonyl (C=O) groups is 4. The number of carboxylic acids is 1. The van der Waals surface area contributed by atoms with Crippen molar-refractivity contribution in [2.45, 2.75) is 366 Å². The number of aliphatic carboxylic acids is 1. The lowest BCUT2D eigenvalue weighted by molar-refractivity contribution is -0.301. The maximum atomic E-state index is 13.2. The first-order valence-electron chi connectivity index (χ1n) is 33.3. The highest BCUT2D eigenvalue weighted by atomic mass is 16.7. The zero-order valence-electron chi connectivity index (χ0n) is 51.1. The molecule has 462 valence electrons. The first-order valence-corrected chi connectivity index (χ1v) is 33.3. The summed E-state index contributed by atoms with van der Waals surface area (Å²) in [5.41, 5.74) is 0. The van der Waals surface area contributed by atoms with E-state index in [0.29, 0.717) is 19.3 Å². The predicted molar refractivity (Wildman–Crippen MR) is 322 cm³/mol. The van der Waals surface area contributed by atoms with Crippen molar-refractivity contribution in [1.29, 1.82) is 0 Å². The molecular formula is C67H122O12.